The number of nitrogens with zero attached hydrogens (tertiary/aromatic N) is 1. The summed E-state index contributed by atoms with van der Waals surface area (Å²) in [5, 5.41) is 0. The van der Waals surface area contributed by atoms with E-state index >= 15 is 0 Å². The van der Waals surface area contributed by atoms with Crippen LogP contribution >= 0.6 is 0 Å². The number of unbranched alkanes of at least 4 members (excludes halogenated alkanes) is 1. The number of amides is 1. The Morgan fingerprint density at radius 1 is 1.08 bits per heavy atom. The van der Waals surface area contributed by atoms with Crippen molar-refractivity contribution in [3.63, 3.8) is 0 Å². The number of fused-ring (bicyclic) bond motifs is 1. The minimum absolute atomic E-state index is 0.0885. The summed E-state index contributed by atoms with van der Waals surface area (Å²) in [6.07, 6.45) is 13.7. The van der Waals surface area contributed by atoms with Crippen LogP contribution in [0.5, 0.6) is 0 Å². The van der Waals surface area contributed by atoms with Crippen molar-refractivity contribution >= 4 is 11.9 Å². The number of carbonyl (C=O) groups excluding carboxylic acids is 2. The van der Waals surface area contributed by atoms with Crippen LogP contribution in [0.2, 0.25) is 0 Å². The van der Waals surface area contributed by atoms with Gasteiger partial charge < -0.3 is 14.4 Å². The molecule has 1 amide bonds. The summed E-state index contributed by atoms with van der Waals surface area (Å²) < 4.78 is 14.5. The molecule has 8 rings (SSSR count). The quantitative estimate of drug-likeness (QED) is 0.406. The highest BCUT2D eigenvalue weighted by atomic mass is 16.6. The van der Waals surface area contributed by atoms with Crippen molar-refractivity contribution in [3.05, 3.63) is 59.2 Å². The van der Waals surface area contributed by atoms with Gasteiger partial charge in [-0.1, -0.05) is 69.2 Å². The smallest absolute Gasteiger partial charge is 0.337 e. The molecule has 7 aliphatic rings. The Labute approximate surface area is 220 Å². The lowest BCUT2D eigenvalue weighted by Gasteiger charge is -2.60. The molecular formula is C32H39NO4. The van der Waals surface area contributed by atoms with Gasteiger partial charge in [0.1, 0.15) is 5.60 Å². The van der Waals surface area contributed by atoms with Gasteiger partial charge >= 0.3 is 5.97 Å². The molecule has 3 saturated heterocycles. The molecule has 5 heteroatoms. The van der Waals surface area contributed by atoms with Crippen molar-refractivity contribution in [2.75, 3.05) is 0 Å². The molecule has 3 spiro atoms. The van der Waals surface area contributed by atoms with Crippen LogP contribution in [-0.4, -0.2) is 33.7 Å². The third-order valence-corrected chi connectivity index (χ3v) is 10.9. The molecule has 5 nitrogen and oxygen atoms in total. The number of carbonyl (C=O) groups is 2. The molecule has 0 aromatic heterocycles. The second kappa shape index (κ2) is 7.81. The van der Waals surface area contributed by atoms with Crippen molar-refractivity contribution in [3.8, 4) is 0 Å². The summed E-state index contributed by atoms with van der Waals surface area (Å²) in [5.74, 6) is 0.300. The fourth-order valence-electron chi connectivity index (χ4n) is 9.85. The zero-order valence-corrected chi connectivity index (χ0v) is 22.4. The monoisotopic (exact) mass is 501 g/mol. The van der Waals surface area contributed by atoms with Gasteiger partial charge in [-0.25, -0.2) is 4.79 Å². The maximum Gasteiger partial charge on any atom is 0.337 e. The summed E-state index contributed by atoms with van der Waals surface area (Å²) in [6.45, 7) is 6.59. The molecule has 1 aromatic carbocycles. The molecule has 1 saturated carbocycles. The number of hydrogen-bond acceptors (Lipinski definition) is 4. The van der Waals surface area contributed by atoms with Crippen LogP contribution in [0.15, 0.2) is 53.6 Å². The predicted molar refractivity (Wildman–Crippen MR) is 140 cm³/mol. The molecular weight excluding hydrogens is 462 g/mol. The van der Waals surface area contributed by atoms with Gasteiger partial charge in [-0.15, -0.1) is 0 Å². The summed E-state index contributed by atoms with van der Waals surface area (Å²) >= 11 is 0. The lowest BCUT2D eigenvalue weighted by atomic mass is 9.42. The molecule has 0 radical (unpaired) electrons. The maximum atomic E-state index is 14.6. The Morgan fingerprint density at radius 3 is 2.65 bits per heavy atom. The Morgan fingerprint density at radius 2 is 1.89 bits per heavy atom. The number of likely N-dealkylation sites (tertiary alicyclic amines) is 1. The first-order valence-electron chi connectivity index (χ1n) is 14.7. The van der Waals surface area contributed by atoms with Crippen LogP contribution in [0.4, 0.5) is 0 Å². The van der Waals surface area contributed by atoms with E-state index < -0.39 is 22.3 Å². The van der Waals surface area contributed by atoms with E-state index in [1.807, 2.05) is 18.2 Å². The van der Waals surface area contributed by atoms with Crippen molar-refractivity contribution in [1.82, 2.24) is 4.90 Å². The van der Waals surface area contributed by atoms with Gasteiger partial charge in [0.05, 0.1) is 17.0 Å². The largest absolute Gasteiger partial charge is 0.451 e. The third kappa shape index (κ3) is 2.43. The van der Waals surface area contributed by atoms with Gasteiger partial charge in [-0.2, -0.15) is 0 Å². The molecule has 196 valence electrons. The molecule has 3 heterocycles. The molecule has 4 fully saturated rings. The second-order valence-corrected chi connectivity index (χ2v) is 12.3. The van der Waals surface area contributed by atoms with E-state index in [-0.39, 0.29) is 29.8 Å². The average molecular weight is 502 g/mol. The first kappa shape index (κ1) is 23.7. The van der Waals surface area contributed by atoms with Crippen LogP contribution in [-0.2, 0) is 19.1 Å². The van der Waals surface area contributed by atoms with E-state index in [0.717, 1.165) is 80.9 Å². The van der Waals surface area contributed by atoms with E-state index in [1.165, 1.54) is 0 Å². The van der Waals surface area contributed by atoms with E-state index in [2.05, 4.69) is 50.0 Å². The van der Waals surface area contributed by atoms with Crippen molar-refractivity contribution < 1.29 is 19.1 Å². The van der Waals surface area contributed by atoms with Crippen LogP contribution in [0.1, 0.15) is 96.6 Å². The van der Waals surface area contributed by atoms with Gasteiger partial charge in [-0.3, -0.25) is 4.79 Å². The zero-order valence-electron chi connectivity index (χ0n) is 22.4. The normalized spacial score (nSPS) is 41.6. The first-order chi connectivity index (χ1) is 17.9. The Balaban J connectivity index is 1.54. The van der Waals surface area contributed by atoms with Crippen molar-refractivity contribution in [1.29, 1.82) is 0 Å². The topological polar surface area (TPSA) is 55.8 Å². The minimum Gasteiger partial charge on any atom is -0.451 e. The lowest BCUT2D eigenvalue weighted by Crippen LogP contribution is -2.69. The Hall–Kier alpha value is -2.40. The van der Waals surface area contributed by atoms with Crippen LogP contribution in [0.3, 0.4) is 0 Å². The van der Waals surface area contributed by atoms with Crippen molar-refractivity contribution in [2.24, 2.45) is 17.3 Å². The van der Waals surface area contributed by atoms with Crippen LogP contribution in [0, 0.1) is 17.3 Å². The van der Waals surface area contributed by atoms with Gasteiger partial charge in [-0.05, 0) is 69.8 Å². The maximum absolute atomic E-state index is 14.6. The average Bonchev–Trinajstić information content (AvgIpc) is 3.38. The molecule has 4 aliphatic carbocycles. The number of hydrogen-bond donors (Lipinski definition) is 0. The van der Waals surface area contributed by atoms with Gasteiger partial charge in [0.15, 0.2) is 11.3 Å². The first-order valence-corrected chi connectivity index (χ1v) is 14.7. The number of allylic oxidation sites excluding steroid dienone is 2. The number of ether oxygens (including phenoxy) is 2. The molecule has 3 aliphatic heterocycles. The van der Waals surface area contributed by atoms with Gasteiger partial charge in [0.25, 0.3) is 5.91 Å². The fraction of sp³-hybridized carbons (Fsp3) is 0.625. The number of esters is 1. The van der Waals surface area contributed by atoms with E-state index in [4.69, 9.17) is 9.47 Å². The van der Waals surface area contributed by atoms with E-state index in [0.29, 0.717) is 0 Å². The molecule has 7 atom stereocenters. The van der Waals surface area contributed by atoms with Crippen LogP contribution in [0.25, 0.3) is 0 Å². The standard InChI is InChI=1S/C32H39NO4/c1-4-6-18-31-29-19-16-23(20-26(29)27(34)33(31)21(3)22-13-8-7-9-14-22)24(12-5-2)32(29)30(37-31)17-11-10-15-25(30)28(35)36-32/h7-9,13-15,20-21,23-24H,4-6,10-12,16-19H2,1-3H3/t21-,23-,24-,29?,30-,31+,32-/m0/s1. The molecule has 37 heavy (non-hydrogen) atoms. The third-order valence-electron chi connectivity index (χ3n) is 10.9. The number of rotatable bonds is 7. The summed E-state index contributed by atoms with van der Waals surface area (Å²) in [5.41, 5.74) is -0.296. The summed E-state index contributed by atoms with van der Waals surface area (Å²) in [7, 11) is 0. The highest BCUT2D eigenvalue weighted by Crippen LogP contribution is 2.82. The highest BCUT2D eigenvalue weighted by Gasteiger charge is 2.93. The molecule has 0 N–H and O–H groups in total. The fourth-order valence-corrected chi connectivity index (χ4v) is 9.85. The minimum atomic E-state index is -0.824. The molecule has 1 aromatic rings. The van der Waals surface area contributed by atoms with Crippen LogP contribution < -0.4 is 0 Å². The predicted octanol–water partition coefficient (Wildman–Crippen LogP) is 6.40. The SMILES string of the molecule is CCCC[C@]12O[C@@]34CCCC=C3C(=O)O[C@]43[C@@H](CCC)[C@@H]4C=C(C(=O)N1[C@@H](C)c1ccccc1)C23CC4. The summed E-state index contributed by atoms with van der Waals surface area (Å²) in [6, 6.07) is 10.2. The lowest BCUT2D eigenvalue weighted by molar-refractivity contribution is -0.206. The van der Waals surface area contributed by atoms with Gasteiger partial charge in [0, 0.05) is 11.5 Å². The molecule has 1 unspecified atom stereocenters. The van der Waals surface area contributed by atoms with Gasteiger partial charge in [0.2, 0.25) is 0 Å². The summed E-state index contributed by atoms with van der Waals surface area (Å²) in [4.78, 5) is 30.4. The zero-order chi connectivity index (χ0) is 25.6. The van der Waals surface area contributed by atoms with E-state index in [9.17, 15) is 9.59 Å². The highest BCUT2D eigenvalue weighted by molar-refractivity contribution is 6.03. The molecule has 2 bridgehead atoms. The van der Waals surface area contributed by atoms with Crippen molar-refractivity contribution in [2.45, 2.75) is 108 Å². The Bertz CT molecular complexity index is 1220. The second-order valence-electron chi connectivity index (χ2n) is 12.3. The Kier molecular flexibility index (Phi) is 5.00. The number of benzene rings is 1. The van der Waals surface area contributed by atoms with E-state index in [1.54, 1.807) is 0 Å².